The highest BCUT2D eigenvalue weighted by Gasteiger charge is 2.24. The van der Waals surface area contributed by atoms with Crippen molar-refractivity contribution in [2.45, 2.75) is 12.8 Å². The molecule has 210 valence electrons. The number of aromatic nitrogens is 6. The van der Waals surface area contributed by atoms with E-state index in [-0.39, 0.29) is 5.91 Å². The van der Waals surface area contributed by atoms with Crippen molar-refractivity contribution in [2.24, 2.45) is 0 Å². The molecule has 0 spiro atoms. The van der Waals surface area contributed by atoms with Gasteiger partial charge in [-0.25, -0.2) is 24.3 Å². The van der Waals surface area contributed by atoms with Crippen molar-refractivity contribution < 1.29 is 9.18 Å². The standard InChI is InChI=1S/C20H24FN5O.C9H5BrN4/c21-17-13-22-20(23-14-17)16-3-5-18(6-4-16)25-9-11-26(12-10-25)19(27)15-24-7-1-2-8-24;10-9-6-2-7-5(3-11-4-12-7)1-8(6)13-14-9/h3-6,13-14H,1-2,7-12,15H2;1-4H,(H,13,14). The summed E-state index contributed by atoms with van der Waals surface area (Å²) in [7, 11) is 0. The largest absolute Gasteiger partial charge is 0.368 e. The average Bonchev–Trinajstić information content (AvgIpc) is 3.66. The van der Waals surface area contributed by atoms with Gasteiger partial charge in [0, 0.05) is 54.4 Å². The fraction of sp³-hybridized carbons (Fsp3) is 0.310. The minimum absolute atomic E-state index is 0.250. The molecule has 3 aromatic heterocycles. The van der Waals surface area contributed by atoms with Gasteiger partial charge in [0.2, 0.25) is 5.91 Å². The second-order valence-corrected chi connectivity index (χ2v) is 10.9. The number of benzene rings is 2. The van der Waals surface area contributed by atoms with Crippen LogP contribution in [0.3, 0.4) is 0 Å². The second kappa shape index (κ2) is 12.2. The molecule has 41 heavy (non-hydrogen) atoms. The van der Waals surface area contributed by atoms with E-state index in [1.807, 2.05) is 41.3 Å². The lowest BCUT2D eigenvalue weighted by molar-refractivity contribution is -0.132. The van der Waals surface area contributed by atoms with Gasteiger partial charge in [-0.05, 0) is 78.3 Å². The zero-order valence-corrected chi connectivity index (χ0v) is 24.0. The Bertz CT molecular complexity index is 1630. The van der Waals surface area contributed by atoms with E-state index in [2.05, 4.69) is 55.9 Å². The van der Waals surface area contributed by atoms with E-state index < -0.39 is 5.82 Å². The van der Waals surface area contributed by atoms with Gasteiger partial charge in [0.25, 0.3) is 0 Å². The molecule has 2 aliphatic heterocycles. The summed E-state index contributed by atoms with van der Waals surface area (Å²) in [6, 6.07) is 11.9. The molecule has 5 aromatic rings. The summed E-state index contributed by atoms with van der Waals surface area (Å²) in [5.74, 6) is 0.327. The van der Waals surface area contributed by atoms with E-state index in [0.717, 1.165) is 76.9 Å². The smallest absolute Gasteiger partial charge is 0.236 e. The summed E-state index contributed by atoms with van der Waals surface area (Å²) >= 11 is 3.39. The molecule has 0 atom stereocenters. The molecular weight excluding hydrogens is 589 g/mol. The molecule has 0 aliphatic carbocycles. The highest BCUT2D eigenvalue weighted by Crippen LogP contribution is 2.25. The third-order valence-corrected chi connectivity index (χ3v) is 8.04. The number of H-pyrrole nitrogens is 1. The fourth-order valence-corrected chi connectivity index (χ4v) is 5.59. The SMILES string of the molecule is Brc1[nH]nc2cc3cncnc3cc12.O=C(CN1CCCC1)N1CCN(c2ccc(-c3ncc(F)cn3)cc2)CC1. The molecule has 2 saturated heterocycles. The third kappa shape index (κ3) is 6.33. The molecular formula is C29H29BrFN9O. The van der Waals surface area contributed by atoms with Crippen molar-refractivity contribution in [1.29, 1.82) is 0 Å². The maximum absolute atomic E-state index is 12.9. The Morgan fingerprint density at radius 3 is 2.37 bits per heavy atom. The number of likely N-dealkylation sites (tertiary alicyclic amines) is 1. The number of halogens is 2. The van der Waals surface area contributed by atoms with Crippen LogP contribution in [0, 0.1) is 5.82 Å². The Morgan fingerprint density at radius 2 is 1.63 bits per heavy atom. The van der Waals surface area contributed by atoms with Crippen LogP contribution in [-0.2, 0) is 4.79 Å². The summed E-state index contributed by atoms with van der Waals surface area (Å²) in [6.45, 7) is 5.85. The molecule has 2 fully saturated rings. The molecule has 0 radical (unpaired) electrons. The van der Waals surface area contributed by atoms with Gasteiger partial charge in [-0.2, -0.15) is 5.10 Å². The van der Waals surface area contributed by atoms with Crippen molar-refractivity contribution in [3.8, 4) is 11.4 Å². The second-order valence-electron chi connectivity index (χ2n) is 10.1. The summed E-state index contributed by atoms with van der Waals surface area (Å²) in [6.07, 6.45) is 8.09. The topological polar surface area (TPSA) is 107 Å². The van der Waals surface area contributed by atoms with E-state index in [9.17, 15) is 9.18 Å². The number of amides is 1. The summed E-state index contributed by atoms with van der Waals surface area (Å²) in [4.78, 5) is 35.1. The predicted molar refractivity (Wildman–Crippen MR) is 159 cm³/mol. The lowest BCUT2D eigenvalue weighted by Crippen LogP contribution is -2.51. The first-order chi connectivity index (χ1) is 20.0. The molecule has 0 saturated carbocycles. The van der Waals surface area contributed by atoms with Gasteiger partial charge in [-0.1, -0.05) is 0 Å². The van der Waals surface area contributed by atoms with E-state index in [4.69, 9.17) is 0 Å². The van der Waals surface area contributed by atoms with Gasteiger partial charge in [-0.3, -0.25) is 14.8 Å². The molecule has 12 heteroatoms. The lowest BCUT2D eigenvalue weighted by atomic mass is 10.1. The number of anilines is 1. The van der Waals surface area contributed by atoms with E-state index >= 15 is 0 Å². The number of piperazine rings is 1. The zero-order chi connectivity index (χ0) is 28.2. The van der Waals surface area contributed by atoms with Crippen LogP contribution < -0.4 is 4.90 Å². The van der Waals surface area contributed by atoms with Crippen LogP contribution in [0.1, 0.15) is 12.8 Å². The van der Waals surface area contributed by atoms with Crippen LogP contribution >= 0.6 is 15.9 Å². The molecule has 10 nitrogen and oxygen atoms in total. The van der Waals surface area contributed by atoms with Crippen LogP contribution in [0.2, 0.25) is 0 Å². The molecule has 1 N–H and O–H groups in total. The van der Waals surface area contributed by atoms with Crippen LogP contribution in [-0.4, -0.2) is 91.7 Å². The number of fused-ring (bicyclic) bond motifs is 2. The lowest BCUT2D eigenvalue weighted by Gasteiger charge is -2.36. The number of hydrogen-bond donors (Lipinski definition) is 1. The molecule has 7 rings (SSSR count). The maximum Gasteiger partial charge on any atom is 0.236 e. The molecule has 0 bridgehead atoms. The van der Waals surface area contributed by atoms with Crippen molar-refractivity contribution in [3.63, 3.8) is 0 Å². The zero-order valence-electron chi connectivity index (χ0n) is 22.4. The number of carbonyl (C=O) groups excluding carboxylic acids is 1. The van der Waals surface area contributed by atoms with Gasteiger partial charge in [0.1, 0.15) is 10.9 Å². The number of hydrogen-bond acceptors (Lipinski definition) is 8. The van der Waals surface area contributed by atoms with E-state index in [1.165, 1.54) is 25.2 Å². The summed E-state index contributed by atoms with van der Waals surface area (Å²) in [5.41, 5.74) is 3.82. The maximum atomic E-state index is 12.9. The van der Waals surface area contributed by atoms with Gasteiger partial charge < -0.3 is 9.80 Å². The normalized spacial score (nSPS) is 15.8. The van der Waals surface area contributed by atoms with E-state index in [0.29, 0.717) is 12.4 Å². The first-order valence-electron chi connectivity index (χ1n) is 13.6. The van der Waals surface area contributed by atoms with Crippen molar-refractivity contribution in [3.05, 3.63) is 71.7 Å². The fourth-order valence-electron chi connectivity index (χ4n) is 5.18. The molecule has 1 amide bonds. The van der Waals surface area contributed by atoms with Crippen molar-refractivity contribution >= 4 is 49.3 Å². The number of rotatable bonds is 4. The summed E-state index contributed by atoms with van der Waals surface area (Å²) < 4.78 is 13.8. The number of nitrogens with zero attached hydrogens (tertiary/aromatic N) is 8. The first kappa shape index (κ1) is 27.2. The van der Waals surface area contributed by atoms with Gasteiger partial charge in [0.05, 0.1) is 30.0 Å². The Hall–Kier alpha value is -4.03. The molecule has 0 unspecified atom stereocenters. The van der Waals surface area contributed by atoms with E-state index in [1.54, 1.807) is 12.5 Å². The summed E-state index contributed by atoms with van der Waals surface area (Å²) in [5, 5.41) is 9.05. The minimum Gasteiger partial charge on any atom is -0.368 e. The van der Waals surface area contributed by atoms with Crippen LogP contribution in [0.4, 0.5) is 10.1 Å². The highest BCUT2D eigenvalue weighted by atomic mass is 79.9. The van der Waals surface area contributed by atoms with Gasteiger partial charge in [0.15, 0.2) is 11.6 Å². The Kier molecular flexibility index (Phi) is 8.10. The van der Waals surface area contributed by atoms with Gasteiger partial charge >= 0.3 is 0 Å². The molecule has 5 heterocycles. The average molecular weight is 619 g/mol. The Labute approximate surface area is 244 Å². The highest BCUT2D eigenvalue weighted by molar-refractivity contribution is 9.10. The Balaban J connectivity index is 0.000000180. The predicted octanol–water partition coefficient (Wildman–Crippen LogP) is 4.30. The van der Waals surface area contributed by atoms with Crippen LogP contribution in [0.15, 0.2) is 65.9 Å². The van der Waals surface area contributed by atoms with Crippen molar-refractivity contribution in [1.82, 2.24) is 39.9 Å². The number of aromatic amines is 1. The van der Waals surface area contributed by atoms with Crippen molar-refractivity contribution in [2.75, 3.05) is 50.7 Å². The third-order valence-electron chi connectivity index (χ3n) is 7.43. The van der Waals surface area contributed by atoms with Crippen LogP contribution in [0.5, 0.6) is 0 Å². The van der Waals surface area contributed by atoms with Crippen LogP contribution in [0.25, 0.3) is 33.2 Å². The number of nitrogens with one attached hydrogen (secondary N) is 1. The minimum atomic E-state index is -0.437. The number of carbonyl (C=O) groups is 1. The molecule has 2 aromatic carbocycles. The van der Waals surface area contributed by atoms with Gasteiger partial charge in [-0.15, -0.1) is 0 Å². The quantitative estimate of drug-likeness (QED) is 0.318. The first-order valence-corrected chi connectivity index (χ1v) is 14.4. The monoisotopic (exact) mass is 617 g/mol. The molecule has 2 aliphatic rings. The Morgan fingerprint density at radius 1 is 0.902 bits per heavy atom.